The number of hydrogen-bond donors (Lipinski definition) is 0. The van der Waals surface area contributed by atoms with Crippen molar-refractivity contribution in [2.75, 3.05) is 7.11 Å². The van der Waals surface area contributed by atoms with Crippen molar-refractivity contribution in [2.24, 2.45) is 0 Å². The third kappa shape index (κ3) is 3.00. The maximum Gasteiger partial charge on any atom is 0.185 e. The Balaban J connectivity index is 1.82. The average molecular weight is 463 g/mol. The Kier molecular flexibility index (Phi) is 4.95. The van der Waals surface area contributed by atoms with E-state index in [0.29, 0.717) is 27.2 Å². The van der Waals surface area contributed by atoms with E-state index in [-0.39, 0.29) is 10.6 Å². The van der Waals surface area contributed by atoms with E-state index in [1.165, 1.54) is 12.1 Å². The molecule has 2 aromatic heterocycles. The van der Waals surface area contributed by atoms with Crippen molar-refractivity contribution < 1.29 is 13.7 Å². The van der Waals surface area contributed by atoms with Crippen LogP contribution >= 0.6 is 27.5 Å². The van der Waals surface area contributed by atoms with Gasteiger partial charge in [-0.15, -0.1) is 0 Å². The number of nitrogens with zero attached hydrogens (tertiary/aromatic N) is 3. The van der Waals surface area contributed by atoms with Gasteiger partial charge in [0.05, 0.1) is 39.6 Å². The van der Waals surface area contributed by atoms with Crippen LogP contribution in [0.5, 0.6) is 5.75 Å². The Hall–Kier alpha value is -2.64. The third-order valence-electron chi connectivity index (χ3n) is 4.40. The summed E-state index contributed by atoms with van der Waals surface area (Å²) in [4.78, 5) is 0. The zero-order chi connectivity index (χ0) is 19.8. The predicted octanol–water partition coefficient (Wildman–Crippen LogP) is 6.07. The molecule has 0 amide bonds. The number of para-hydroxylation sites is 2. The van der Waals surface area contributed by atoms with Gasteiger partial charge in [-0.3, -0.25) is 0 Å². The number of halogens is 3. The summed E-state index contributed by atoms with van der Waals surface area (Å²) in [6.45, 7) is 1.90. The molecule has 0 unspecified atom stereocenters. The maximum atomic E-state index is 14.3. The van der Waals surface area contributed by atoms with E-state index in [1.807, 2.05) is 31.2 Å². The minimum absolute atomic E-state index is 0.181. The van der Waals surface area contributed by atoms with Crippen LogP contribution in [0.25, 0.3) is 28.3 Å². The first-order chi connectivity index (χ1) is 13.5. The second-order valence-electron chi connectivity index (χ2n) is 6.00. The van der Waals surface area contributed by atoms with Crippen molar-refractivity contribution in [3.8, 4) is 34.0 Å². The summed E-state index contributed by atoms with van der Waals surface area (Å²) < 4.78 is 27.5. The molecule has 2 heterocycles. The van der Waals surface area contributed by atoms with E-state index in [2.05, 4.69) is 26.2 Å². The third-order valence-corrected chi connectivity index (χ3v) is 5.45. The first-order valence-corrected chi connectivity index (χ1v) is 9.48. The molecule has 0 aliphatic rings. The summed E-state index contributed by atoms with van der Waals surface area (Å²) in [7, 11) is 1.61. The first-order valence-electron chi connectivity index (χ1n) is 8.31. The van der Waals surface area contributed by atoms with Gasteiger partial charge in [-0.05, 0) is 47.1 Å². The van der Waals surface area contributed by atoms with Gasteiger partial charge < -0.3 is 9.26 Å². The molecule has 0 N–H and O–H groups in total. The van der Waals surface area contributed by atoms with Crippen LogP contribution in [0.1, 0.15) is 5.69 Å². The van der Waals surface area contributed by atoms with Crippen LogP contribution in [0.4, 0.5) is 4.39 Å². The van der Waals surface area contributed by atoms with Crippen molar-refractivity contribution in [1.29, 1.82) is 0 Å². The SMILES string of the molecule is COc1ccccc1-n1ncc(-c2onc(-c3c(F)cccc3Cl)c2Br)c1C. The minimum atomic E-state index is -0.477. The zero-order valence-electron chi connectivity index (χ0n) is 14.9. The summed E-state index contributed by atoms with van der Waals surface area (Å²) in [5.74, 6) is 0.651. The van der Waals surface area contributed by atoms with Crippen LogP contribution in [-0.2, 0) is 0 Å². The zero-order valence-corrected chi connectivity index (χ0v) is 17.3. The van der Waals surface area contributed by atoms with E-state index < -0.39 is 5.82 Å². The lowest BCUT2D eigenvalue weighted by atomic mass is 10.1. The van der Waals surface area contributed by atoms with Gasteiger partial charge in [-0.25, -0.2) is 9.07 Å². The second kappa shape index (κ2) is 7.41. The largest absolute Gasteiger partial charge is 0.494 e. The molecule has 5 nitrogen and oxygen atoms in total. The maximum absolute atomic E-state index is 14.3. The summed E-state index contributed by atoms with van der Waals surface area (Å²) >= 11 is 9.64. The molecule has 0 atom stereocenters. The summed E-state index contributed by atoms with van der Waals surface area (Å²) in [6, 6.07) is 12.0. The molecule has 0 bridgehead atoms. The fourth-order valence-corrected chi connectivity index (χ4v) is 3.82. The van der Waals surface area contributed by atoms with Gasteiger partial charge in [0.25, 0.3) is 0 Å². The number of ether oxygens (including phenoxy) is 1. The second-order valence-corrected chi connectivity index (χ2v) is 7.20. The number of benzene rings is 2. The van der Waals surface area contributed by atoms with Crippen molar-refractivity contribution in [3.05, 3.63) is 69.7 Å². The Labute approximate surface area is 173 Å². The molecule has 4 rings (SSSR count). The smallest absolute Gasteiger partial charge is 0.185 e. The summed E-state index contributed by atoms with van der Waals surface area (Å²) in [5.41, 5.74) is 2.79. The van der Waals surface area contributed by atoms with Crippen LogP contribution in [0.15, 0.2) is 57.7 Å². The number of hydrogen-bond acceptors (Lipinski definition) is 4. The molecule has 0 spiro atoms. The number of rotatable bonds is 4. The van der Waals surface area contributed by atoms with E-state index >= 15 is 0 Å². The molecule has 0 fully saturated rings. The highest BCUT2D eigenvalue weighted by molar-refractivity contribution is 9.10. The molecule has 28 heavy (non-hydrogen) atoms. The normalized spacial score (nSPS) is 11.0. The highest BCUT2D eigenvalue weighted by Gasteiger charge is 2.24. The summed E-state index contributed by atoms with van der Waals surface area (Å²) in [5, 5.41) is 8.74. The van der Waals surface area contributed by atoms with Crippen LogP contribution in [0, 0.1) is 12.7 Å². The Morgan fingerprint density at radius 3 is 2.71 bits per heavy atom. The van der Waals surface area contributed by atoms with Gasteiger partial charge in [0, 0.05) is 0 Å². The van der Waals surface area contributed by atoms with Crippen molar-refractivity contribution in [1.82, 2.24) is 14.9 Å². The van der Waals surface area contributed by atoms with Crippen LogP contribution in [0.2, 0.25) is 5.02 Å². The fraction of sp³-hybridized carbons (Fsp3) is 0.100. The van der Waals surface area contributed by atoms with E-state index in [9.17, 15) is 4.39 Å². The van der Waals surface area contributed by atoms with E-state index in [1.54, 1.807) is 24.1 Å². The standard InChI is InChI=1S/C20H14BrClFN3O2/c1-11-12(10-24-26(11)15-8-3-4-9-16(15)27-2)20-18(21)19(25-28-20)17-13(22)6-5-7-14(17)23/h3-10H,1-2H3. The predicted molar refractivity (Wildman–Crippen MR) is 108 cm³/mol. The lowest BCUT2D eigenvalue weighted by Crippen LogP contribution is -2.01. The Morgan fingerprint density at radius 2 is 1.96 bits per heavy atom. The molecule has 0 saturated heterocycles. The van der Waals surface area contributed by atoms with E-state index in [0.717, 1.165) is 11.4 Å². The molecule has 0 aliphatic heterocycles. The lowest BCUT2D eigenvalue weighted by molar-refractivity contribution is 0.411. The quantitative estimate of drug-likeness (QED) is 0.369. The highest BCUT2D eigenvalue weighted by atomic mass is 79.9. The first kappa shape index (κ1) is 18.7. The van der Waals surface area contributed by atoms with Gasteiger partial charge in [-0.2, -0.15) is 5.10 Å². The lowest BCUT2D eigenvalue weighted by Gasteiger charge is -2.09. The van der Waals surface area contributed by atoms with Crippen LogP contribution in [-0.4, -0.2) is 22.0 Å². The van der Waals surface area contributed by atoms with Crippen molar-refractivity contribution in [3.63, 3.8) is 0 Å². The van der Waals surface area contributed by atoms with Gasteiger partial charge in [0.1, 0.15) is 22.9 Å². The number of methoxy groups -OCH3 is 1. The molecule has 0 radical (unpaired) electrons. The van der Waals surface area contributed by atoms with Gasteiger partial charge in [-0.1, -0.05) is 35.0 Å². The topological polar surface area (TPSA) is 53.1 Å². The number of aromatic nitrogens is 3. The van der Waals surface area contributed by atoms with E-state index in [4.69, 9.17) is 20.9 Å². The molecule has 4 aromatic rings. The molecule has 0 saturated carbocycles. The van der Waals surface area contributed by atoms with Gasteiger partial charge in [0.15, 0.2) is 5.76 Å². The van der Waals surface area contributed by atoms with Crippen LogP contribution < -0.4 is 4.74 Å². The molecule has 8 heteroatoms. The molecule has 2 aromatic carbocycles. The molecule has 142 valence electrons. The summed E-state index contributed by atoms with van der Waals surface area (Å²) in [6.07, 6.45) is 1.67. The van der Waals surface area contributed by atoms with Crippen molar-refractivity contribution >= 4 is 27.5 Å². The fourth-order valence-electron chi connectivity index (χ4n) is 3.01. The molecular formula is C20H14BrClFN3O2. The Morgan fingerprint density at radius 1 is 1.18 bits per heavy atom. The van der Waals surface area contributed by atoms with Crippen molar-refractivity contribution in [2.45, 2.75) is 6.92 Å². The van der Waals surface area contributed by atoms with Crippen LogP contribution in [0.3, 0.4) is 0 Å². The van der Waals surface area contributed by atoms with Gasteiger partial charge in [0.2, 0.25) is 0 Å². The highest BCUT2D eigenvalue weighted by Crippen LogP contribution is 2.41. The molecular weight excluding hydrogens is 449 g/mol. The minimum Gasteiger partial charge on any atom is -0.494 e. The average Bonchev–Trinajstić information content (AvgIpc) is 3.24. The molecule has 0 aliphatic carbocycles. The van der Waals surface area contributed by atoms with Gasteiger partial charge >= 0.3 is 0 Å². The Bertz CT molecular complexity index is 1150. The monoisotopic (exact) mass is 461 g/mol.